The second-order valence-electron chi connectivity index (χ2n) is 6.43. The van der Waals surface area contributed by atoms with E-state index in [1.807, 2.05) is 42.5 Å². The van der Waals surface area contributed by atoms with E-state index in [2.05, 4.69) is 10.6 Å². The van der Waals surface area contributed by atoms with Crippen LogP contribution in [-0.2, 0) is 11.2 Å². The Hall–Kier alpha value is -2.86. The largest absolute Gasteiger partial charge is 0.393 e. The summed E-state index contributed by atoms with van der Waals surface area (Å²) >= 11 is 0. The second kappa shape index (κ2) is 8.49. The Labute approximate surface area is 152 Å². The molecule has 1 aliphatic heterocycles. The van der Waals surface area contributed by atoms with Crippen LogP contribution in [0.5, 0.6) is 0 Å². The Morgan fingerprint density at radius 1 is 0.923 bits per heavy atom. The van der Waals surface area contributed by atoms with Crippen LogP contribution in [0.1, 0.15) is 18.4 Å². The van der Waals surface area contributed by atoms with Crippen molar-refractivity contribution in [2.45, 2.75) is 25.4 Å². The Balaban J connectivity index is 1.50. The maximum Gasteiger partial charge on any atom is 0.323 e. The number of rotatable bonds is 4. The van der Waals surface area contributed by atoms with Gasteiger partial charge in [0.25, 0.3) is 0 Å². The lowest BCUT2D eigenvalue weighted by molar-refractivity contribution is -0.132. The lowest BCUT2D eigenvalue weighted by Crippen LogP contribution is -2.40. The van der Waals surface area contributed by atoms with Crippen molar-refractivity contribution in [3.8, 4) is 0 Å². The van der Waals surface area contributed by atoms with E-state index in [1.165, 1.54) is 0 Å². The first kappa shape index (κ1) is 17.9. The maximum absolute atomic E-state index is 12.3. The third-order valence-corrected chi connectivity index (χ3v) is 4.42. The molecular formula is C20H23N3O3. The van der Waals surface area contributed by atoms with Gasteiger partial charge in [-0.15, -0.1) is 0 Å². The number of piperidine rings is 1. The molecule has 1 heterocycles. The molecule has 2 aromatic rings. The van der Waals surface area contributed by atoms with Gasteiger partial charge < -0.3 is 20.6 Å². The number of carbonyl (C=O) groups excluding carboxylic acids is 2. The van der Waals surface area contributed by atoms with E-state index in [0.29, 0.717) is 38.0 Å². The van der Waals surface area contributed by atoms with Crippen molar-refractivity contribution in [2.24, 2.45) is 0 Å². The summed E-state index contributed by atoms with van der Waals surface area (Å²) < 4.78 is 0. The number of para-hydroxylation sites is 1. The van der Waals surface area contributed by atoms with E-state index in [1.54, 1.807) is 17.0 Å². The van der Waals surface area contributed by atoms with E-state index in [9.17, 15) is 14.7 Å². The summed E-state index contributed by atoms with van der Waals surface area (Å²) in [7, 11) is 0. The fourth-order valence-corrected chi connectivity index (χ4v) is 2.92. The number of carbonyl (C=O) groups is 2. The van der Waals surface area contributed by atoms with Crippen LogP contribution in [0.3, 0.4) is 0 Å². The molecule has 3 rings (SSSR count). The Morgan fingerprint density at radius 2 is 1.50 bits per heavy atom. The zero-order chi connectivity index (χ0) is 18.4. The lowest BCUT2D eigenvalue weighted by Gasteiger charge is -2.29. The molecule has 1 fully saturated rings. The molecule has 3 amide bonds. The van der Waals surface area contributed by atoms with Crippen LogP contribution in [0.15, 0.2) is 54.6 Å². The highest BCUT2D eigenvalue weighted by molar-refractivity contribution is 5.99. The maximum atomic E-state index is 12.3. The SMILES string of the molecule is O=C(Nc1ccccc1)Nc1ccc(CC(=O)N2CCC(O)CC2)cc1. The first-order valence-electron chi connectivity index (χ1n) is 8.78. The molecule has 0 unspecified atom stereocenters. The highest BCUT2D eigenvalue weighted by atomic mass is 16.3. The minimum atomic E-state index is -0.313. The second-order valence-corrected chi connectivity index (χ2v) is 6.43. The molecule has 0 atom stereocenters. The van der Waals surface area contributed by atoms with Crippen LogP contribution >= 0.6 is 0 Å². The van der Waals surface area contributed by atoms with Gasteiger partial charge in [0.05, 0.1) is 12.5 Å². The summed E-state index contributed by atoms with van der Waals surface area (Å²) in [6, 6.07) is 16.2. The average Bonchev–Trinajstić information content (AvgIpc) is 2.64. The molecule has 136 valence electrons. The molecule has 0 aromatic heterocycles. The number of hydrogen-bond acceptors (Lipinski definition) is 3. The third-order valence-electron chi connectivity index (χ3n) is 4.42. The Bertz CT molecular complexity index is 739. The van der Waals surface area contributed by atoms with Gasteiger partial charge in [-0.2, -0.15) is 0 Å². The number of amides is 3. The lowest BCUT2D eigenvalue weighted by atomic mass is 10.1. The van der Waals surface area contributed by atoms with Crippen LogP contribution < -0.4 is 10.6 Å². The number of benzene rings is 2. The van der Waals surface area contributed by atoms with Crippen LogP contribution in [0.4, 0.5) is 16.2 Å². The zero-order valence-electron chi connectivity index (χ0n) is 14.5. The predicted molar refractivity (Wildman–Crippen MR) is 101 cm³/mol. The average molecular weight is 353 g/mol. The zero-order valence-corrected chi connectivity index (χ0v) is 14.5. The number of urea groups is 1. The van der Waals surface area contributed by atoms with Crippen molar-refractivity contribution in [3.63, 3.8) is 0 Å². The normalized spacial score (nSPS) is 14.7. The molecule has 0 saturated carbocycles. The fourth-order valence-electron chi connectivity index (χ4n) is 2.92. The Kier molecular flexibility index (Phi) is 5.86. The van der Waals surface area contributed by atoms with Crippen molar-refractivity contribution >= 4 is 23.3 Å². The quantitative estimate of drug-likeness (QED) is 0.790. The summed E-state index contributed by atoms with van der Waals surface area (Å²) in [6.07, 6.45) is 1.33. The fraction of sp³-hybridized carbons (Fsp3) is 0.300. The molecule has 3 N–H and O–H groups in total. The minimum Gasteiger partial charge on any atom is -0.393 e. The van der Waals surface area contributed by atoms with Gasteiger partial charge in [-0.05, 0) is 42.7 Å². The summed E-state index contributed by atoms with van der Waals surface area (Å²) in [5.74, 6) is 0.0689. The van der Waals surface area contributed by atoms with Crippen LogP contribution in [0, 0.1) is 0 Å². The van der Waals surface area contributed by atoms with Crippen LogP contribution in [0.2, 0.25) is 0 Å². The summed E-state index contributed by atoms with van der Waals surface area (Å²) in [5.41, 5.74) is 2.28. The van der Waals surface area contributed by atoms with Crippen molar-refractivity contribution in [1.82, 2.24) is 4.90 Å². The molecule has 6 nitrogen and oxygen atoms in total. The molecule has 0 spiro atoms. The molecule has 0 radical (unpaired) electrons. The van der Waals surface area contributed by atoms with Gasteiger partial charge in [0, 0.05) is 24.5 Å². The van der Waals surface area contributed by atoms with Gasteiger partial charge in [0.2, 0.25) is 5.91 Å². The van der Waals surface area contributed by atoms with E-state index < -0.39 is 0 Å². The number of nitrogens with zero attached hydrogens (tertiary/aromatic N) is 1. The smallest absolute Gasteiger partial charge is 0.323 e. The van der Waals surface area contributed by atoms with Crippen molar-refractivity contribution in [2.75, 3.05) is 23.7 Å². The molecule has 6 heteroatoms. The van der Waals surface area contributed by atoms with Gasteiger partial charge in [-0.1, -0.05) is 30.3 Å². The van der Waals surface area contributed by atoms with Crippen molar-refractivity contribution in [1.29, 1.82) is 0 Å². The van der Waals surface area contributed by atoms with Gasteiger partial charge in [-0.25, -0.2) is 4.79 Å². The number of aliphatic hydroxyl groups excluding tert-OH is 1. The highest BCUT2D eigenvalue weighted by Gasteiger charge is 2.21. The van der Waals surface area contributed by atoms with Crippen LogP contribution in [0.25, 0.3) is 0 Å². The Morgan fingerprint density at radius 3 is 2.12 bits per heavy atom. The van der Waals surface area contributed by atoms with E-state index in [0.717, 1.165) is 11.3 Å². The molecule has 1 saturated heterocycles. The summed E-state index contributed by atoms with van der Waals surface area (Å²) in [5, 5.41) is 15.0. The van der Waals surface area contributed by atoms with E-state index in [4.69, 9.17) is 0 Å². The number of aliphatic hydroxyl groups is 1. The van der Waals surface area contributed by atoms with Gasteiger partial charge in [0.15, 0.2) is 0 Å². The molecule has 0 bridgehead atoms. The third kappa shape index (κ3) is 5.07. The van der Waals surface area contributed by atoms with Crippen molar-refractivity contribution in [3.05, 3.63) is 60.2 Å². The standard InChI is InChI=1S/C20H23N3O3/c24-18-10-12-23(13-11-18)19(25)14-15-6-8-17(9-7-15)22-20(26)21-16-4-2-1-3-5-16/h1-9,18,24H,10-14H2,(H2,21,22,26). The predicted octanol–water partition coefficient (Wildman–Crippen LogP) is 2.86. The van der Waals surface area contributed by atoms with Crippen LogP contribution in [-0.4, -0.2) is 41.1 Å². The first-order valence-corrected chi connectivity index (χ1v) is 8.78. The number of anilines is 2. The van der Waals surface area contributed by atoms with Gasteiger partial charge in [0.1, 0.15) is 0 Å². The molecule has 2 aromatic carbocycles. The first-order chi connectivity index (χ1) is 12.6. The summed E-state index contributed by atoms with van der Waals surface area (Å²) in [4.78, 5) is 26.1. The molecule has 0 aliphatic carbocycles. The number of nitrogens with one attached hydrogen (secondary N) is 2. The van der Waals surface area contributed by atoms with E-state index >= 15 is 0 Å². The summed E-state index contributed by atoms with van der Waals surface area (Å²) in [6.45, 7) is 1.22. The van der Waals surface area contributed by atoms with E-state index in [-0.39, 0.29) is 18.0 Å². The monoisotopic (exact) mass is 353 g/mol. The number of hydrogen-bond donors (Lipinski definition) is 3. The van der Waals surface area contributed by atoms with Gasteiger partial charge >= 0.3 is 6.03 Å². The minimum absolute atomic E-state index is 0.0689. The molecular weight excluding hydrogens is 330 g/mol. The molecule has 1 aliphatic rings. The highest BCUT2D eigenvalue weighted by Crippen LogP contribution is 2.15. The molecule has 26 heavy (non-hydrogen) atoms. The topological polar surface area (TPSA) is 81.7 Å². The number of likely N-dealkylation sites (tertiary alicyclic amines) is 1. The van der Waals surface area contributed by atoms with Crippen molar-refractivity contribution < 1.29 is 14.7 Å². The van der Waals surface area contributed by atoms with Gasteiger partial charge in [-0.3, -0.25) is 4.79 Å².